The van der Waals surface area contributed by atoms with Crippen LogP contribution in [0.15, 0.2) is 23.1 Å². The molecule has 1 unspecified atom stereocenters. The first-order valence-corrected chi connectivity index (χ1v) is 8.81. The summed E-state index contributed by atoms with van der Waals surface area (Å²) < 4.78 is 37.2. The van der Waals surface area contributed by atoms with Gasteiger partial charge in [-0.1, -0.05) is 6.92 Å². The first-order valence-electron chi connectivity index (χ1n) is 7.33. The van der Waals surface area contributed by atoms with Crippen LogP contribution in [0.1, 0.15) is 30.6 Å². The molecule has 1 aromatic carbocycles. The van der Waals surface area contributed by atoms with E-state index in [-0.39, 0.29) is 28.2 Å². The summed E-state index contributed by atoms with van der Waals surface area (Å²) in [6, 6.07) is 4.11. The van der Waals surface area contributed by atoms with Gasteiger partial charge in [0.1, 0.15) is 10.6 Å². The number of hydrogen-bond acceptors (Lipinski definition) is 5. The topological polar surface area (TPSA) is 93.7 Å². The van der Waals surface area contributed by atoms with Gasteiger partial charge in [0.15, 0.2) is 0 Å². The van der Waals surface area contributed by atoms with Crippen molar-refractivity contribution < 1.29 is 22.7 Å². The molecule has 0 spiro atoms. The van der Waals surface area contributed by atoms with E-state index in [0.717, 1.165) is 0 Å². The zero-order chi connectivity index (χ0) is 17.5. The minimum atomic E-state index is -3.74. The van der Waals surface area contributed by atoms with Gasteiger partial charge < -0.3 is 14.8 Å². The smallest absolute Gasteiger partial charge is 0.251 e. The van der Waals surface area contributed by atoms with Crippen LogP contribution in [0.3, 0.4) is 0 Å². The lowest BCUT2D eigenvalue weighted by molar-refractivity contribution is 0.0905. The lowest BCUT2D eigenvalue weighted by Gasteiger charge is -2.15. The molecule has 7 nitrogen and oxygen atoms in total. The monoisotopic (exact) mass is 344 g/mol. The van der Waals surface area contributed by atoms with E-state index in [9.17, 15) is 13.2 Å². The van der Waals surface area contributed by atoms with Crippen LogP contribution in [0.2, 0.25) is 0 Å². The van der Waals surface area contributed by atoms with Crippen LogP contribution in [0.25, 0.3) is 0 Å². The largest absolute Gasteiger partial charge is 0.495 e. The van der Waals surface area contributed by atoms with Crippen LogP contribution in [-0.4, -0.2) is 47.7 Å². The highest BCUT2D eigenvalue weighted by Gasteiger charge is 2.21. The van der Waals surface area contributed by atoms with Gasteiger partial charge in [0.2, 0.25) is 10.0 Å². The Labute approximate surface area is 137 Å². The Morgan fingerprint density at radius 2 is 2.00 bits per heavy atom. The number of hydrogen-bond donors (Lipinski definition) is 2. The molecule has 0 fully saturated rings. The number of sulfonamides is 1. The van der Waals surface area contributed by atoms with Gasteiger partial charge in [-0.15, -0.1) is 0 Å². The Morgan fingerprint density at radius 1 is 1.30 bits per heavy atom. The van der Waals surface area contributed by atoms with Gasteiger partial charge in [-0.05, 0) is 31.5 Å². The lowest BCUT2D eigenvalue weighted by Crippen LogP contribution is -2.35. The Balaban J connectivity index is 3.10. The maximum atomic E-state index is 12.3. The number of nitrogens with one attached hydrogen (secondary N) is 2. The fraction of sp³-hybridized carbons (Fsp3) is 0.533. The Kier molecular flexibility index (Phi) is 7.47. The van der Waals surface area contributed by atoms with E-state index in [0.29, 0.717) is 19.6 Å². The van der Waals surface area contributed by atoms with Crippen molar-refractivity contribution in [1.82, 2.24) is 10.0 Å². The second kappa shape index (κ2) is 8.85. The molecule has 1 rings (SSSR count). The number of carbonyl (C=O) groups is 1. The van der Waals surface area contributed by atoms with Gasteiger partial charge in [-0.25, -0.2) is 13.1 Å². The second-order valence-corrected chi connectivity index (χ2v) is 6.83. The van der Waals surface area contributed by atoms with E-state index in [1.54, 1.807) is 14.0 Å². The van der Waals surface area contributed by atoms with E-state index in [1.807, 2.05) is 6.92 Å². The quantitative estimate of drug-likeness (QED) is 0.701. The van der Waals surface area contributed by atoms with Gasteiger partial charge in [0.25, 0.3) is 5.91 Å². The Hall–Kier alpha value is -1.64. The van der Waals surface area contributed by atoms with Crippen molar-refractivity contribution in [2.75, 3.05) is 27.4 Å². The molecule has 0 aliphatic rings. The van der Waals surface area contributed by atoms with Crippen molar-refractivity contribution in [3.63, 3.8) is 0 Å². The van der Waals surface area contributed by atoms with Gasteiger partial charge in [0.05, 0.1) is 13.7 Å². The summed E-state index contributed by atoms with van der Waals surface area (Å²) >= 11 is 0. The number of benzene rings is 1. The normalized spacial score (nSPS) is 12.7. The molecule has 23 heavy (non-hydrogen) atoms. The third kappa shape index (κ3) is 5.49. The number of methoxy groups -OCH3 is 2. The summed E-state index contributed by atoms with van der Waals surface area (Å²) in [6.07, 6.45) is 0.663. The SMILES string of the molecule is CCCNS(=O)(=O)c1cc(C(=O)NC(C)COC)ccc1OC. The van der Waals surface area contributed by atoms with Crippen LogP contribution >= 0.6 is 0 Å². The summed E-state index contributed by atoms with van der Waals surface area (Å²) in [7, 11) is -0.814. The summed E-state index contributed by atoms with van der Waals surface area (Å²) in [4.78, 5) is 12.1. The van der Waals surface area contributed by atoms with Crippen molar-refractivity contribution in [3.05, 3.63) is 23.8 Å². The van der Waals surface area contributed by atoms with Crippen LogP contribution < -0.4 is 14.8 Å². The first-order chi connectivity index (χ1) is 10.9. The predicted molar refractivity (Wildman–Crippen MR) is 87.3 cm³/mol. The van der Waals surface area contributed by atoms with Gasteiger partial charge in [-0.3, -0.25) is 4.79 Å². The fourth-order valence-corrected chi connectivity index (χ4v) is 3.27. The lowest BCUT2D eigenvalue weighted by atomic mass is 10.2. The predicted octanol–water partition coefficient (Wildman–Crippen LogP) is 1.15. The minimum Gasteiger partial charge on any atom is -0.495 e. The zero-order valence-corrected chi connectivity index (χ0v) is 14.7. The molecule has 0 aliphatic heterocycles. The molecular formula is C15H24N2O5S. The standard InChI is InChI=1S/C15H24N2O5S/c1-5-8-16-23(19,20)14-9-12(6-7-13(14)22-4)15(18)17-11(2)10-21-3/h6-7,9,11,16H,5,8,10H2,1-4H3,(H,17,18). The van der Waals surface area contributed by atoms with E-state index >= 15 is 0 Å². The summed E-state index contributed by atoms with van der Waals surface area (Å²) in [5.74, 6) is -0.181. The van der Waals surface area contributed by atoms with E-state index in [4.69, 9.17) is 9.47 Å². The van der Waals surface area contributed by atoms with Crippen LogP contribution in [0, 0.1) is 0 Å². The molecule has 2 N–H and O–H groups in total. The average Bonchev–Trinajstić information content (AvgIpc) is 2.52. The third-order valence-electron chi connectivity index (χ3n) is 3.05. The van der Waals surface area contributed by atoms with Crippen molar-refractivity contribution in [1.29, 1.82) is 0 Å². The van der Waals surface area contributed by atoms with Gasteiger partial charge in [-0.2, -0.15) is 0 Å². The first kappa shape index (κ1) is 19.4. The molecule has 0 radical (unpaired) electrons. The van der Waals surface area contributed by atoms with Gasteiger partial charge >= 0.3 is 0 Å². The zero-order valence-electron chi connectivity index (χ0n) is 13.9. The van der Waals surface area contributed by atoms with Crippen LogP contribution in [0.4, 0.5) is 0 Å². The van der Waals surface area contributed by atoms with E-state index in [2.05, 4.69) is 10.0 Å². The molecule has 130 valence electrons. The summed E-state index contributed by atoms with van der Waals surface area (Å²) in [5, 5.41) is 2.74. The van der Waals surface area contributed by atoms with Gasteiger partial charge in [0, 0.05) is 25.3 Å². The number of ether oxygens (including phenoxy) is 2. The maximum Gasteiger partial charge on any atom is 0.251 e. The molecule has 0 saturated carbocycles. The molecule has 0 bridgehead atoms. The Bertz CT molecular complexity index is 631. The molecule has 1 atom stereocenters. The van der Waals surface area contributed by atoms with Crippen LogP contribution in [-0.2, 0) is 14.8 Å². The molecule has 1 amide bonds. The van der Waals surface area contributed by atoms with Crippen LogP contribution in [0.5, 0.6) is 5.75 Å². The van der Waals surface area contributed by atoms with Crippen molar-refractivity contribution >= 4 is 15.9 Å². The molecular weight excluding hydrogens is 320 g/mol. The maximum absolute atomic E-state index is 12.3. The number of carbonyl (C=O) groups excluding carboxylic acids is 1. The van der Waals surface area contributed by atoms with E-state index < -0.39 is 10.0 Å². The third-order valence-corrected chi connectivity index (χ3v) is 4.53. The Morgan fingerprint density at radius 3 is 2.57 bits per heavy atom. The highest BCUT2D eigenvalue weighted by Crippen LogP contribution is 2.24. The highest BCUT2D eigenvalue weighted by atomic mass is 32.2. The second-order valence-electron chi connectivity index (χ2n) is 5.09. The minimum absolute atomic E-state index is 0.0551. The van der Waals surface area contributed by atoms with Crippen molar-refractivity contribution in [2.45, 2.75) is 31.2 Å². The molecule has 0 aliphatic carbocycles. The molecule has 1 aromatic rings. The molecule has 0 heterocycles. The average molecular weight is 344 g/mol. The number of amides is 1. The molecule has 0 aromatic heterocycles. The van der Waals surface area contributed by atoms with Crippen molar-refractivity contribution in [2.24, 2.45) is 0 Å². The molecule has 8 heteroatoms. The fourth-order valence-electron chi connectivity index (χ4n) is 1.94. The summed E-state index contributed by atoms with van der Waals surface area (Å²) in [5.41, 5.74) is 0.241. The molecule has 0 saturated heterocycles. The van der Waals surface area contributed by atoms with E-state index in [1.165, 1.54) is 25.3 Å². The van der Waals surface area contributed by atoms with Crippen molar-refractivity contribution in [3.8, 4) is 5.75 Å². The summed E-state index contributed by atoms with van der Waals surface area (Å²) in [6.45, 7) is 4.34. The number of rotatable bonds is 9. The highest BCUT2D eigenvalue weighted by molar-refractivity contribution is 7.89.